The topological polar surface area (TPSA) is 38.3 Å². The van der Waals surface area contributed by atoms with Crippen LogP contribution in [0.15, 0.2) is 0 Å². The average molecular weight is 243 g/mol. The first-order chi connectivity index (χ1) is 7.68. The molecule has 0 saturated heterocycles. The summed E-state index contributed by atoms with van der Waals surface area (Å²) in [6.45, 7) is 13.4. The molecular weight excluding hydrogens is 214 g/mol. The zero-order chi connectivity index (χ0) is 13.5. The van der Waals surface area contributed by atoms with E-state index in [9.17, 15) is 4.79 Å². The molecule has 0 saturated carbocycles. The molecule has 0 spiro atoms. The van der Waals surface area contributed by atoms with E-state index < -0.39 is 0 Å². The molecule has 1 N–H and O–H groups in total. The van der Waals surface area contributed by atoms with Gasteiger partial charge in [-0.3, -0.25) is 4.79 Å². The van der Waals surface area contributed by atoms with Crippen LogP contribution in [-0.4, -0.2) is 24.2 Å². The van der Waals surface area contributed by atoms with Gasteiger partial charge in [-0.05, 0) is 52.9 Å². The Labute approximate surface area is 106 Å². The molecule has 0 aliphatic rings. The molecule has 17 heavy (non-hydrogen) atoms. The van der Waals surface area contributed by atoms with E-state index in [0.717, 1.165) is 19.3 Å². The molecule has 0 aromatic rings. The van der Waals surface area contributed by atoms with Crippen LogP contribution in [0, 0.1) is 5.92 Å². The van der Waals surface area contributed by atoms with Gasteiger partial charge in [0.15, 0.2) is 0 Å². The molecule has 0 aliphatic carbocycles. The van der Waals surface area contributed by atoms with Crippen molar-refractivity contribution in [3.63, 3.8) is 0 Å². The highest BCUT2D eigenvalue weighted by Gasteiger charge is 2.21. The molecule has 3 nitrogen and oxygen atoms in total. The lowest BCUT2D eigenvalue weighted by molar-refractivity contribution is -0.111. The maximum Gasteiger partial charge on any atom is 0.207 e. The highest BCUT2D eigenvalue weighted by Crippen LogP contribution is 2.21. The van der Waals surface area contributed by atoms with Crippen LogP contribution < -0.4 is 5.32 Å². The smallest absolute Gasteiger partial charge is 0.207 e. The van der Waals surface area contributed by atoms with E-state index in [-0.39, 0.29) is 11.1 Å². The molecule has 0 bridgehead atoms. The van der Waals surface area contributed by atoms with Gasteiger partial charge in [-0.15, -0.1) is 0 Å². The summed E-state index contributed by atoms with van der Waals surface area (Å²) in [7, 11) is 0. The number of nitrogens with one attached hydrogen (secondary N) is 1. The van der Waals surface area contributed by atoms with Crippen molar-refractivity contribution in [2.45, 2.75) is 71.9 Å². The number of hydrogen-bond acceptors (Lipinski definition) is 2. The lowest BCUT2D eigenvalue weighted by Gasteiger charge is -2.29. The summed E-state index contributed by atoms with van der Waals surface area (Å²) in [6.07, 6.45) is 3.84. The Morgan fingerprint density at radius 1 is 1.18 bits per heavy atom. The lowest BCUT2D eigenvalue weighted by atomic mass is 9.96. The third-order valence-corrected chi connectivity index (χ3v) is 2.99. The second-order valence-electron chi connectivity index (χ2n) is 6.44. The van der Waals surface area contributed by atoms with Crippen LogP contribution >= 0.6 is 0 Å². The highest BCUT2D eigenvalue weighted by atomic mass is 16.5. The van der Waals surface area contributed by atoms with Gasteiger partial charge in [0.1, 0.15) is 0 Å². The number of amides is 1. The summed E-state index contributed by atoms with van der Waals surface area (Å²) in [4.78, 5) is 10.4. The summed E-state index contributed by atoms with van der Waals surface area (Å²) in [6, 6.07) is 0. The van der Waals surface area contributed by atoms with E-state index in [4.69, 9.17) is 4.74 Å². The lowest BCUT2D eigenvalue weighted by Crippen LogP contribution is -2.40. The first kappa shape index (κ1) is 16.4. The molecule has 0 aromatic heterocycles. The van der Waals surface area contributed by atoms with Gasteiger partial charge in [-0.25, -0.2) is 0 Å². The predicted molar refractivity (Wildman–Crippen MR) is 72.0 cm³/mol. The largest absolute Gasteiger partial charge is 0.375 e. The molecule has 3 heteroatoms. The van der Waals surface area contributed by atoms with Crippen LogP contribution in [0.3, 0.4) is 0 Å². The summed E-state index contributed by atoms with van der Waals surface area (Å²) >= 11 is 0. The van der Waals surface area contributed by atoms with Crippen LogP contribution in [0.5, 0.6) is 0 Å². The van der Waals surface area contributed by atoms with Crippen LogP contribution in [0.2, 0.25) is 0 Å². The van der Waals surface area contributed by atoms with Crippen molar-refractivity contribution < 1.29 is 9.53 Å². The second kappa shape index (κ2) is 7.00. The molecule has 0 aromatic carbocycles. The van der Waals surface area contributed by atoms with Gasteiger partial charge in [0, 0.05) is 12.1 Å². The Morgan fingerprint density at radius 2 is 1.76 bits per heavy atom. The van der Waals surface area contributed by atoms with Crippen molar-refractivity contribution in [2.24, 2.45) is 5.92 Å². The van der Waals surface area contributed by atoms with Crippen LogP contribution in [0.25, 0.3) is 0 Å². The quantitative estimate of drug-likeness (QED) is 0.632. The van der Waals surface area contributed by atoms with Crippen LogP contribution in [0.1, 0.15) is 60.8 Å². The van der Waals surface area contributed by atoms with Gasteiger partial charge in [0.2, 0.25) is 6.41 Å². The molecule has 0 radical (unpaired) electrons. The molecule has 102 valence electrons. The minimum atomic E-state index is -0.185. The van der Waals surface area contributed by atoms with Gasteiger partial charge < -0.3 is 10.1 Å². The van der Waals surface area contributed by atoms with Crippen LogP contribution in [0.4, 0.5) is 0 Å². The Bertz CT molecular complexity index is 222. The predicted octanol–water partition coefficient (Wildman–Crippen LogP) is 3.13. The van der Waals surface area contributed by atoms with Crippen molar-refractivity contribution in [2.75, 3.05) is 6.61 Å². The molecule has 0 unspecified atom stereocenters. The summed E-state index contributed by atoms with van der Waals surface area (Å²) < 4.78 is 5.91. The number of carbonyl (C=O) groups excluding carboxylic acids is 1. The molecule has 0 fully saturated rings. The van der Waals surface area contributed by atoms with E-state index in [1.54, 1.807) is 0 Å². The Balaban J connectivity index is 3.89. The molecule has 0 heterocycles. The van der Waals surface area contributed by atoms with Crippen molar-refractivity contribution in [3.05, 3.63) is 0 Å². The monoisotopic (exact) mass is 243 g/mol. The van der Waals surface area contributed by atoms with E-state index in [2.05, 4.69) is 33.0 Å². The normalized spacial score (nSPS) is 12.9. The highest BCUT2D eigenvalue weighted by molar-refractivity contribution is 5.47. The second-order valence-corrected chi connectivity index (χ2v) is 6.44. The Morgan fingerprint density at radius 3 is 2.24 bits per heavy atom. The SMILES string of the molecule is CC(C)CCC(C)(C)OCCC(C)(C)NC=O. The number of ether oxygens (including phenoxy) is 1. The summed E-state index contributed by atoms with van der Waals surface area (Å²) in [5.74, 6) is 0.714. The minimum Gasteiger partial charge on any atom is -0.375 e. The van der Waals surface area contributed by atoms with E-state index >= 15 is 0 Å². The molecule has 0 atom stereocenters. The van der Waals surface area contributed by atoms with Crippen molar-refractivity contribution in [3.8, 4) is 0 Å². The average Bonchev–Trinajstić information content (AvgIpc) is 2.14. The van der Waals surface area contributed by atoms with Crippen LogP contribution in [-0.2, 0) is 9.53 Å². The zero-order valence-electron chi connectivity index (χ0n) is 12.3. The summed E-state index contributed by atoms with van der Waals surface area (Å²) in [5.41, 5.74) is -0.253. The van der Waals surface area contributed by atoms with Gasteiger partial charge in [0.05, 0.1) is 5.60 Å². The molecular formula is C14H29NO2. The fraction of sp³-hybridized carbons (Fsp3) is 0.929. The molecule has 1 amide bonds. The standard InChI is InChI=1S/C14H29NO2/c1-12(2)7-8-14(5,6)17-10-9-13(3,4)15-11-16/h11-12H,7-10H2,1-6H3,(H,15,16). The van der Waals surface area contributed by atoms with Crippen molar-refractivity contribution in [1.29, 1.82) is 0 Å². The van der Waals surface area contributed by atoms with Crippen molar-refractivity contribution >= 4 is 6.41 Å². The van der Waals surface area contributed by atoms with Crippen molar-refractivity contribution in [1.82, 2.24) is 5.32 Å². The summed E-state index contributed by atoms with van der Waals surface area (Å²) in [5, 5.41) is 2.80. The third-order valence-electron chi connectivity index (χ3n) is 2.99. The zero-order valence-corrected chi connectivity index (χ0v) is 12.3. The van der Waals surface area contributed by atoms with Gasteiger partial charge in [-0.2, -0.15) is 0 Å². The molecule has 0 rings (SSSR count). The maximum absolute atomic E-state index is 10.4. The maximum atomic E-state index is 10.4. The van der Waals surface area contributed by atoms with Gasteiger partial charge in [-0.1, -0.05) is 13.8 Å². The van der Waals surface area contributed by atoms with E-state index in [1.807, 2.05) is 13.8 Å². The third kappa shape index (κ3) is 9.16. The Kier molecular flexibility index (Phi) is 6.76. The first-order valence-corrected chi connectivity index (χ1v) is 6.54. The van der Waals surface area contributed by atoms with Gasteiger partial charge in [0.25, 0.3) is 0 Å². The molecule has 0 aliphatic heterocycles. The minimum absolute atomic E-state index is 0.0679. The number of hydrogen-bond donors (Lipinski definition) is 1. The fourth-order valence-electron chi connectivity index (χ4n) is 1.52. The number of carbonyl (C=O) groups is 1. The number of rotatable bonds is 9. The van der Waals surface area contributed by atoms with E-state index in [1.165, 1.54) is 6.42 Å². The fourth-order valence-corrected chi connectivity index (χ4v) is 1.52. The first-order valence-electron chi connectivity index (χ1n) is 6.54. The van der Waals surface area contributed by atoms with E-state index in [0.29, 0.717) is 12.5 Å². The Hall–Kier alpha value is -0.570. The van der Waals surface area contributed by atoms with Gasteiger partial charge >= 0.3 is 0 Å².